The van der Waals surface area contributed by atoms with Gasteiger partial charge < -0.3 is 9.47 Å². The summed E-state index contributed by atoms with van der Waals surface area (Å²) in [6.45, 7) is 5.48. The van der Waals surface area contributed by atoms with E-state index >= 15 is 0 Å². The maximum atomic E-state index is 11.5. The summed E-state index contributed by atoms with van der Waals surface area (Å²) >= 11 is 0. The summed E-state index contributed by atoms with van der Waals surface area (Å²) < 4.78 is 9.62. The lowest BCUT2D eigenvalue weighted by Gasteiger charge is -2.12. The predicted molar refractivity (Wildman–Crippen MR) is 65.9 cm³/mol. The Morgan fingerprint density at radius 3 is 2.11 bits per heavy atom. The van der Waals surface area contributed by atoms with Gasteiger partial charge in [-0.3, -0.25) is 14.4 Å². The molecule has 0 heterocycles. The molecule has 0 spiro atoms. The van der Waals surface area contributed by atoms with Crippen LogP contribution < -0.4 is 0 Å². The Hall–Kier alpha value is -1.39. The number of esters is 2. The smallest absolute Gasteiger partial charge is 0.316 e. The highest BCUT2D eigenvalue weighted by Gasteiger charge is 2.23. The van der Waals surface area contributed by atoms with Crippen LogP contribution in [-0.2, 0) is 23.9 Å². The Bertz CT molecular complexity index is 285. The quantitative estimate of drug-likeness (QED) is 0.359. The van der Waals surface area contributed by atoms with Crippen LogP contribution in [0.4, 0.5) is 0 Å². The number of carbonyl (C=O) groups excluding carboxylic acids is 3. The minimum Gasteiger partial charge on any atom is -0.466 e. The van der Waals surface area contributed by atoms with Crippen molar-refractivity contribution in [3.8, 4) is 0 Å². The molecule has 0 aromatic heterocycles. The highest BCUT2D eigenvalue weighted by atomic mass is 16.5. The van der Waals surface area contributed by atoms with Crippen molar-refractivity contribution < 1.29 is 23.9 Å². The van der Waals surface area contributed by atoms with E-state index in [0.717, 1.165) is 0 Å². The van der Waals surface area contributed by atoms with Crippen LogP contribution in [0.25, 0.3) is 0 Å². The summed E-state index contributed by atoms with van der Waals surface area (Å²) in [7, 11) is 0. The van der Waals surface area contributed by atoms with Gasteiger partial charge in [0.25, 0.3) is 0 Å². The topological polar surface area (TPSA) is 69.7 Å². The third-order valence-corrected chi connectivity index (χ3v) is 2.49. The molecule has 1 atom stereocenters. The molecule has 0 fully saturated rings. The molecule has 5 heteroatoms. The van der Waals surface area contributed by atoms with Gasteiger partial charge in [-0.25, -0.2) is 0 Å². The number of ether oxygens (including phenoxy) is 2. The summed E-state index contributed by atoms with van der Waals surface area (Å²) in [5.41, 5.74) is 0. The van der Waals surface area contributed by atoms with E-state index in [-0.39, 0.29) is 18.4 Å². The van der Waals surface area contributed by atoms with E-state index in [2.05, 4.69) is 0 Å². The van der Waals surface area contributed by atoms with Crippen LogP contribution in [0.15, 0.2) is 0 Å². The van der Waals surface area contributed by atoms with Gasteiger partial charge in [0.2, 0.25) is 0 Å². The largest absolute Gasteiger partial charge is 0.466 e. The lowest BCUT2D eigenvalue weighted by molar-refractivity contribution is -0.151. The van der Waals surface area contributed by atoms with Gasteiger partial charge in [-0.15, -0.1) is 0 Å². The van der Waals surface area contributed by atoms with Crippen molar-refractivity contribution in [2.45, 2.75) is 46.5 Å². The van der Waals surface area contributed by atoms with E-state index in [9.17, 15) is 14.4 Å². The van der Waals surface area contributed by atoms with Crippen LogP contribution >= 0.6 is 0 Å². The molecule has 0 rings (SSSR count). The van der Waals surface area contributed by atoms with Crippen LogP contribution in [0, 0.1) is 5.92 Å². The van der Waals surface area contributed by atoms with Crippen molar-refractivity contribution in [2.75, 3.05) is 13.2 Å². The van der Waals surface area contributed by atoms with Gasteiger partial charge in [0, 0.05) is 6.42 Å². The van der Waals surface area contributed by atoms with Crippen molar-refractivity contribution in [1.82, 2.24) is 0 Å². The number of ketones is 1. The van der Waals surface area contributed by atoms with Gasteiger partial charge >= 0.3 is 11.9 Å². The van der Waals surface area contributed by atoms with Crippen LogP contribution in [-0.4, -0.2) is 30.9 Å². The normalized spacial score (nSPS) is 11.7. The summed E-state index contributed by atoms with van der Waals surface area (Å²) in [6, 6.07) is 0. The zero-order chi connectivity index (χ0) is 14.0. The first-order valence-electron chi connectivity index (χ1n) is 6.35. The monoisotopic (exact) mass is 258 g/mol. The van der Waals surface area contributed by atoms with Crippen LogP contribution in [0.2, 0.25) is 0 Å². The summed E-state index contributed by atoms with van der Waals surface area (Å²) in [6.07, 6.45) is 1.98. The van der Waals surface area contributed by atoms with Gasteiger partial charge in [0.1, 0.15) is 11.7 Å². The second-order valence-corrected chi connectivity index (χ2v) is 3.97. The highest BCUT2D eigenvalue weighted by Crippen LogP contribution is 2.13. The molecule has 0 bridgehead atoms. The molecule has 0 radical (unpaired) electrons. The first kappa shape index (κ1) is 16.6. The molecule has 0 amide bonds. The molecular weight excluding hydrogens is 236 g/mol. The first-order chi connectivity index (χ1) is 8.52. The minimum atomic E-state index is -0.702. The number of carbonyl (C=O) groups is 3. The average molecular weight is 258 g/mol. The molecule has 0 aliphatic rings. The fourth-order valence-electron chi connectivity index (χ4n) is 1.58. The Morgan fingerprint density at radius 1 is 1.00 bits per heavy atom. The summed E-state index contributed by atoms with van der Waals surface area (Å²) in [5.74, 6) is -1.61. The number of hydrogen-bond acceptors (Lipinski definition) is 5. The van der Waals surface area contributed by atoms with Crippen LogP contribution in [0.1, 0.15) is 46.5 Å². The molecule has 0 unspecified atom stereocenters. The maximum Gasteiger partial charge on any atom is 0.316 e. The molecule has 0 aromatic rings. The fourth-order valence-corrected chi connectivity index (χ4v) is 1.58. The van der Waals surface area contributed by atoms with E-state index in [1.54, 1.807) is 13.8 Å². The van der Waals surface area contributed by atoms with Gasteiger partial charge in [-0.05, 0) is 33.6 Å². The molecule has 5 nitrogen and oxygen atoms in total. The molecule has 0 aliphatic carbocycles. The van der Waals surface area contributed by atoms with Gasteiger partial charge in [0.15, 0.2) is 0 Å². The zero-order valence-electron chi connectivity index (χ0n) is 11.4. The molecule has 0 saturated carbocycles. The second-order valence-electron chi connectivity index (χ2n) is 3.97. The van der Waals surface area contributed by atoms with E-state index in [1.165, 1.54) is 6.92 Å². The third-order valence-electron chi connectivity index (χ3n) is 2.49. The molecular formula is C13H22O5. The molecule has 0 aliphatic heterocycles. The Balaban J connectivity index is 3.95. The second kappa shape index (κ2) is 9.62. The van der Waals surface area contributed by atoms with Crippen molar-refractivity contribution in [2.24, 2.45) is 5.92 Å². The Labute approximate surface area is 108 Å². The standard InChI is InChI=1S/C13H22O5/c1-4-17-12(15)9-7-6-8-11(10(3)14)13(16)18-5-2/h11H,4-9H2,1-3H3/t11-/m1/s1. The SMILES string of the molecule is CCOC(=O)CCCC[C@H](C(C)=O)C(=O)OCC. The molecule has 104 valence electrons. The van der Waals surface area contributed by atoms with Crippen molar-refractivity contribution in [3.63, 3.8) is 0 Å². The summed E-state index contributed by atoms with van der Waals surface area (Å²) in [4.78, 5) is 33.9. The third kappa shape index (κ3) is 7.04. The first-order valence-corrected chi connectivity index (χ1v) is 6.35. The lowest BCUT2D eigenvalue weighted by atomic mass is 9.97. The van der Waals surface area contributed by atoms with Crippen molar-refractivity contribution >= 4 is 17.7 Å². The fraction of sp³-hybridized carbons (Fsp3) is 0.769. The van der Waals surface area contributed by atoms with Crippen molar-refractivity contribution in [1.29, 1.82) is 0 Å². The molecule has 0 saturated heterocycles. The molecule has 0 aromatic carbocycles. The average Bonchev–Trinajstić information content (AvgIpc) is 2.28. The molecule has 0 N–H and O–H groups in total. The minimum absolute atomic E-state index is 0.190. The van der Waals surface area contributed by atoms with Gasteiger partial charge in [-0.1, -0.05) is 6.42 Å². The van der Waals surface area contributed by atoms with Gasteiger partial charge in [0.05, 0.1) is 13.2 Å². The van der Waals surface area contributed by atoms with Gasteiger partial charge in [-0.2, -0.15) is 0 Å². The zero-order valence-corrected chi connectivity index (χ0v) is 11.4. The lowest BCUT2D eigenvalue weighted by Crippen LogP contribution is -2.24. The number of hydrogen-bond donors (Lipinski definition) is 0. The predicted octanol–water partition coefficient (Wildman–Crippen LogP) is 1.88. The van der Waals surface area contributed by atoms with E-state index in [1.807, 2.05) is 0 Å². The van der Waals surface area contributed by atoms with Crippen molar-refractivity contribution in [3.05, 3.63) is 0 Å². The Morgan fingerprint density at radius 2 is 1.61 bits per heavy atom. The van der Waals surface area contributed by atoms with E-state index in [0.29, 0.717) is 32.3 Å². The molecule has 18 heavy (non-hydrogen) atoms. The van der Waals surface area contributed by atoms with E-state index in [4.69, 9.17) is 9.47 Å². The summed E-state index contributed by atoms with van der Waals surface area (Å²) in [5, 5.41) is 0. The number of rotatable bonds is 9. The highest BCUT2D eigenvalue weighted by molar-refractivity contribution is 5.97. The Kier molecular flexibility index (Phi) is 8.88. The van der Waals surface area contributed by atoms with Crippen LogP contribution in [0.5, 0.6) is 0 Å². The van der Waals surface area contributed by atoms with Crippen LogP contribution in [0.3, 0.4) is 0 Å². The van der Waals surface area contributed by atoms with E-state index < -0.39 is 11.9 Å². The number of Topliss-reactive ketones (excluding diaryl/α,β-unsaturated/α-hetero) is 1. The number of unbranched alkanes of at least 4 members (excludes halogenated alkanes) is 1. The maximum absolute atomic E-state index is 11.5.